The number of aromatic nitrogens is 2. The Labute approximate surface area is 124 Å². The van der Waals surface area contributed by atoms with Crippen molar-refractivity contribution in [3.8, 4) is 5.75 Å². The van der Waals surface area contributed by atoms with Crippen LogP contribution in [-0.2, 0) is 13.6 Å². The van der Waals surface area contributed by atoms with Crippen LogP contribution in [0.25, 0.3) is 0 Å². The molecule has 0 saturated carbocycles. The number of benzene rings is 1. The Kier molecular flexibility index (Phi) is 4.57. The molecule has 106 valence electrons. The molecule has 2 aromatic rings. The fraction of sp³-hybridized carbons (Fsp3) is 0.286. The van der Waals surface area contributed by atoms with Gasteiger partial charge in [-0.2, -0.15) is 5.10 Å². The van der Waals surface area contributed by atoms with E-state index in [0.717, 1.165) is 17.1 Å². The Morgan fingerprint density at radius 1 is 1.40 bits per heavy atom. The molecular weight excluding hydrogens is 272 g/mol. The van der Waals surface area contributed by atoms with Gasteiger partial charge in [-0.25, -0.2) is 0 Å². The predicted molar refractivity (Wildman–Crippen MR) is 83.9 cm³/mol. The van der Waals surface area contributed by atoms with Crippen molar-refractivity contribution in [3.63, 3.8) is 0 Å². The van der Waals surface area contributed by atoms with Gasteiger partial charge in [0.2, 0.25) is 0 Å². The number of ether oxygens (including phenoxy) is 1. The predicted octanol–water partition coefficient (Wildman–Crippen LogP) is 2.26. The lowest BCUT2D eigenvalue weighted by Crippen LogP contribution is -2.31. The van der Waals surface area contributed by atoms with Crippen LogP contribution in [0.2, 0.25) is 0 Å². The van der Waals surface area contributed by atoms with Crippen LogP contribution in [-0.4, -0.2) is 34.0 Å². The maximum Gasteiger partial charge on any atom is 0.173 e. The molecule has 0 aliphatic rings. The molecule has 1 aromatic carbocycles. The number of para-hydroxylation sites is 2. The van der Waals surface area contributed by atoms with Crippen molar-refractivity contribution in [2.75, 3.05) is 19.5 Å². The van der Waals surface area contributed by atoms with E-state index < -0.39 is 0 Å². The van der Waals surface area contributed by atoms with Crippen LogP contribution in [0.1, 0.15) is 5.69 Å². The molecule has 1 N–H and O–H groups in total. The molecule has 0 spiro atoms. The van der Waals surface area contributed by atoms with Gasteiger partial charge in [0.15, 0.2) is 5.11 Å². The van der Waals surface area contributed by atoms with Gasteiger partial charge in [-0.3, -0.25) is 4.68 Å². The largest absolute Gasteiger partial charge is 0.495 e. The maximum absolute atomic E-state index is 5.41. The van der Waals surface area contributed by atoms with E-state index in [1.54, 1.807) is 13.3 Å². The van der Waals surface area contributed by atoms with E-state index in [9.17, 15) is 0 Å². The second kappa shape index (κ2) is 6.38. The van der Waals surface area contributed by atoms with Gasteiger partial charge in [-0.15, -0.1) is 0 Å². The van der Waals surface area contributed by atoms with E-state index in [4.69, 9.17) is 17.0 Å². The lowest BCUT2D eigenvalue weighted by Gasteiger charge is -2.21. The number of nitrogens with zero attached hydrogens (tertiary/aromatic N) is 3. The minimum atomic E-state index is 0.635. The number of aryl methyl sites for hydroxylation is 1. The van der Waals surface area contributed by atoms with Gasteiger partial charge >= 0.3 is 0 Å². The van der Waals surface area contributed by atoms with E-state index in [1.807, 2.05) is 54.0 Å². The highest BCUT2D eigenvalue weighted by Crippen LogP contribution is 2.23. The summed E-state index contributed by atoms with van der Waals surface area (Å²) in [6.07, 6.45) is 1.78. The Hall–Kier alpha value is -2.08. The third-order valence-corrected chi connectivity index (χ3v) is 3.43. The zero-order chi connectivity index (χ0) is 14.5. The number of thiocarbonyl (C=S) groups is 1. The molecule has 1 heterocycles. The third-order valence-electron chi connectivity index (χ3n) is 3.02. The zero-order valence-corrected chi connectivity index (χ0v) is 12.6. The number of methoxy groups -OCH3 is 1. The summed E-state index contributed by atoms with van der Waals surface area (Å²) >= 11 is 5.41. The molecule has 0 radical (unpaired) electrons. The molecule has 0 aliphatic heterocycles. The number of hydrogen-bond acceptors (Lipinski definition) is 3. The molecule has 0 atom stereocenters. The summed E-state index contributed by atoms with van der Waals surface area (Å²) in [5.41, 5.74) is 1.95. The van der Waals surface area contributed by atoms with Crippen molar-refractivity contribution in [2.45, 2.75) is 6.54 Å². The van der Waals surface area contributed by atoms with Crippen molar-refractivity contribution in [2.24, 2.45) is 7.05 Å². The molecule has 0 bridgehead atoms. The van der Waals surface area contributed by atoms with E-state index in [0.29, 0.717) is 11.7 Å². The summed E-state index contributed by atoms with van der Waals surface area (Å²) < 4.78 is 7.13. The molecular formula is C14H18N4OS. The lowest BCUT2D eigenvalue weighted by molar-refractivity contribution is 0.416. The van der Waals surface area contributed by atoms with Gasteiger partial charge in [0.1, 0.15) is 5.75 Å². The van der Waals surface area contributed by atoms with Crippen LogP contribution in [0.4, 0.5) is 5.69 Å². The summed E-state index contributed by atoms with van der Waals surface area (Å²) in [7, 11) is 5.50. The quantitative estimate of drug-likeness (QED) is 0.875. The van der Waals surface area contributed by atoms with Crippen LogP contribution in [0, 0.1) is 0 Å². The zero-order valence-electron chi connectivity index (χ0n) is 11.8. The van der Waals surface area contributed by atoms with Crippen LogP contribution in [0.15, 0.2) is 36.5 Å². The Bertz CT molecular complexity index is 596. The monoisotopic (exact) mass is 290 g/mol. The van der Waals surface area contributed by atoms with Crippen LogP contribution in [0.5, 0.6) is 5.75 Å². The number of nitrogens with one attached hydrogen (secondary N) is 1. The molecule has 0 amide bonds. The molecule has 0 unspecified atom stereocenters. The second-order valence-corrected chi connectivity index (χ2v) is 4.82. The number of hydrogen-bond donors (Lipinski definition) is 1. The van der Waals surface area contributed by atoms with Gasteiger partial charge in [0, 0.05) is 20.3 Å². The van der Waals surface area contributed by atoms with Crippen LogP contribution >= 0.6 is 12.2 Å². The first-order valence-corrected chi connectivity index (χ1v) is 6.64. The molecule has 0 aliphatic carbocycles. The fourth-order valence-electron chi connectivity index (χ4n) is 1.83. The summed E-state index contributed by atoms with van der Waals surface area (Å²) in [5, 5.41) is 7.98. The van der Waals surface area contributed by atoms with E-state index >= 15 is 0 Å². The van der Waals surface area contributed by atoms with Gasteiger partial charge in [0.05, 0.1) is 25.0 Å². The lowest BCUT2D eigenvalue weighted by atomic mass is 10.3. The van der Waals surface area contributed by atoms with E-state index in [2.05, 4.69) is 10.4 Å². The van der Waals surface area contributed by atoms with Crippen LogP contribution in [0.3, 0.4) is 0 Å². The summed E-state index contributed by atoms with van der Waals surface area (Å²) in [6.45, 7) is 0.692. The van der Waals surface area contributed by atoms with Gasteiger partial charge in [-0.05, 0) is 30.4 Å². The second-order valence-electron chi connectivity index (χ2n) is 4.43. The molecule has 0 saturated heterocycles. The fourth-order valence-corrected chi connectivity index (χ4v) is 2.00. The van der Waals surface area contributed by atoms with Gasteiger partial charge in [0.25, 0.3) is 0 Å². The Morgan fingerprint density at radius 3 is 2.80 bits per heavy atom. The first-order chi connectivity index (χ1) is 9.61. The minimum absolute atomic E-state index is 0.635. The highest BCUT2D eigenvalue weighted by atomic mass is 32.1. The highest BCUT2D eigenvalue weighted by Gasteiger charge is 2.10. The van der Waals surface area contributed by atoms with Crippen molar-refractivity contribution in [1.82, 2.24) is 14.7 Å². The topological polar surface area (TPSA) is 42.3 Å². The van der Waals surface area contributed by atoms with Gasteiger partial charge in [-0.1, -0.05) is 12.1 Å². The SMILES string of the molecule is COc1ccccc1NC(=S)N(C)Cc1ccnn1C. The van der Waals surface area contributed by atoms with Crippen molar-refractivity contribution in [1.29, 1.82) is 0 Å². The third kappa shape index (κ3) is 3.27. The van der Waals surface area contributed by atoms with Crippen molar-refractivity contribution >= 4 is 23.0 Å². The van der Waals surface area contributed by atoms with E-state index in [-0.39, 0.29) is 0 Å². The molecule has 6 heteroatoms. The first-order valence-electron chi connectivity index (χ1n) is 6.24. The smallest absolute Gasteiger partial charge is 0.173 e. The highest BCUT2D eigenvalue weighted by molar-refractivity contribution is 7.80. The van der Waals surface area contributed by atoms with Gasteiger partial charge < -0.3 is 15.0 Å². The molecule has 2 rings (SSSR count). The molecule has 1 aromatic heterocycles. The normalized spacial score (nSPS) is 10.2. The average Bonchev–Trinajstić information content (AvgIpc) is 2.84. The number of rotatable bonds is 4. The standard InChI is InChI=1S/C14H18N4OS/c1-17(10-11-8-9-15-18(11)2)14(20)16-12-6-4-5-7-13(12)19-3/h4-9H,10H2,1-3H3,(H,16,20). The van der Waals surface area contributed by atoms with Crippen molar-refractivity contribution < 1.29 is 4.74 Å². The molecule has 0 fully saturated rings. The average molecular weight is 290 g/mol. The molecule has 20 heavy (non-hydrogen) atoms. The maximum atomic E-state index is 5.41. The minimum Gasteiger partial charge on any atom is -0.495 e. The van der Waals surface area contributed by atoms with Crippen LogP contribution < -0.4 is 10.1 Å². The van der Waals surface area contributed by atoms with Crippen molar-refractivity contribution in [3.05, 3.63) is 42.2 Å². The summed E-state index contributed by atoms with van der Waals surface area (Å²) in [5.74, 6) is 0.767. The first kappa shape index (κ1) is 14.3. The van der Waals surface area contributed by atoms with E-state index in [1.165, 1.54) is 0 Å². The Balaban J connectivity index is 2.02. The Morgan fingerprint density at radius 2 is 2.15 bits per heavy atom. The number of anilines is 1. The molecule has 5 nitrogen and oxygen atoms in total. The summed E-state index contributed by atoms with van der Waals surface area (Å²) in [6, 6.07) is 9.66. The summed E-state index contributed by atoms with van der Waals surface area (Å²) in [4.78, 5) is 1.96.